The summed E-state index contributed by atoms with van der Waals surface area (Å²) in [6.07, 6.45) is 3.72. The van der Waals surface area contributed by atoms with Gasteiger partial charge in [-0.1, -0.05) is 72.8 Å². The quantitative estimate of drug-likeness (QED) is 0.410. The van der Waals surface area contributed by atoms with Crippen LogP contribution in [-0.2, 0) is 0 Å². The fraction of sp³-hybridized carbons (Fsp3) is 0. The van der Waals surface area contributed by atoms with Crippen molar-refractivity contribution in [2.45, 2.75) is 0 Å². The lowest BCUT2D eigenvalue weighted by molar-refractivity contribution is 1.33. The number of rotatable bonds is 4. The summed E-state index contributed by atoms with van der Waals surface area (Å²) in [6.45, 7) is 0. The Morgan fingerprint density at radius 1 is 0.654 bits per heavy atom. The minimum atomic E-state index is 0.960. The molecule has 1 heterocycles. The Morgan fingerprint density at radius 2 is 1.42 bits per heavy atom. The van der Waals surface area contributed by atoms with E-state index in [9.17, 15) is 0 Å². The molecular formula is C24H18N2. The van der Waals surface area contributed by atoms with Crippen LogP contribution < -0.4 is 0 Å². The molecule has 0 N–H and O–H groups in total. The van der Waals surface area contributed by atoms with Crippen molar-refractivity contribution in [1.29, 1.82) is 0 Å². The summed E-state index contributed by atoms with van der Waals surface area (Å²) < 4.78 is 0. The molecule has 0 aliphatic rings. The summed E-state index contributed by atoms with van der Waals surface area (Å²) in [5, 5.41) is 0. The van der Waals surface area contributed by atoms with Crippen molar-refractivity contribution in [2.75, 3.05) is 0 Å². The van der Waals surface area contributed by atoms with Crippen LogP contribution >= 0.6 is 0 Å². The molecule has 0 radical (unpaired) electrons. The first-order valence-electron chi connectivity index (χ1n) is 8.60. The van der Waals surface area contributed by atoms with Crippen LogP contribution in [0.2, 0.25) is 0 Å². The van der Waals surface area contributed by atoms with Gasteiger partial charge < -0.3 is 0 Å². The van der Waals surface area contributed by atoms with Gasteiger partial charge in [-0.3, -0.25) is 9.98 Å². The van der Waals surface area contributed by atoms with Gasteiger partial charge in [0.2, 0.25) is 0 Å². The van der Waals surface area contributed by atoms with Crippen LogP contribution in [-0.4, -0.2) is 11.2 Å². The highest BCUT2D eigenvalue weighted by Crippen LogP contribution is 2.29. The van der Waals surface area contributed by atoms with Crippen molar-refractivity contribution in [1.82, 2.24) is 4.98 Å². The van der Waals surface area contributed by atoms with E-state index >= 15 is 0 Å². The summed E-state index contributed by atoms with van der Waals surface area (Å²) in [5.74, 6) is 0. The minimum absolute atomic E-state index is 0.960. The largest absolute Gasteiger partial charge is 0.256 e. The van der Waals surface area contributed by atoms with Gasteiger partial charge in [-0.05, 0) is 35.4 Å². The molecule has 0 fully saturated rings. The Bertz CT molecular complexity index is 1020. The fourth-order valence-electron chi connectivity index (χ4n) is 2.90. The summed E-state index contributed by atoms with van der Waals surface area (Å²) in [5.41, 5.74) is 6.36. The van der Waals surface area contributed by atoms with E-state index < -0.39 is 0 Å². The van der Waals surface area contributed by atoms with Gasteiger partial charge >= 0.3 is 0 Å². The monoisotopic (exact) mass is 334 g/mol. The van der Waals surface area contributed by atoms with Crippen LogP contribution in [0.1, 0.15) is 5.56 Å². The van der Waals surface area contributed by atoms with Crippen molar-refractivity contribution in [3.8, 4) is 22.4 Å². The molecule has 26 heavy (non-hydrogen) atoms. The number of pyridine rings is 1. The van der Waals surface area contributed by atoms with Gasteiger partial charge in [0.15, 0.2) is 0 Å². The molecular weight excluding hydrogens is 316 g/mol. The van der Waals surface area contributed by atoms with Crippen molar-refractivity contribution in [2.24, 2.45) is 4.99 Å². The zero-order valence-electron chi connectivity index (χ0n) is 14.3. The predicted molar refractivity (Wildman–Crippen MR) is 109 cm³/mol. The Balaban J connectivity index is 1.66. The second-order valence-corrected chi connectivity index (χ2v) is 5.98. The highest BCUT2D eigenvalue weighted by atomic mass is 14.7. The number of benzene rings is 3. The molecule has 0 aliphatic carbocycles. The van der Waals surface area contributed by atoms with Crippen molar-refractivity contribution in [3.63, 3.8) is 0 Å². The maximum atomic E-state index is 4.74. The third kappa shape index (κ3) is 3.60. The maximum absolute atomic E-state index is 4.74. The van der Waals surface area contributed by atoms with Gasteiger partial charge in [0.05, 0.1) is 11.4 Å². The topological polar surface area (TPSA) is 25.2 Å². The van der Waals surface area contributed by atoms with Gasteiger partial charge in [0.25, 0.3) is 0 Å². The molecule has 0 atom stereocenters. The van der Waals surface area contributed by atoms with Crippen LogP contribution in [0.25, 0.3) is 22.4 Å². The van der Waals surface area contributed by atoms with Gasteiger partial charge in [0.1, 0.15) is 0 Å². The molecule has 0 spiro atoms. The van der Waals surface area contributed by atoms with Crippen molar-refractivity contribution in [3.05, 3.63) is 109 Å². The van der Waals surface area contributed by atoms with E-state index in [2.05, 4.69) is 41.4 Å². The molecule has 0 unspecified atom stereocenters. The average Bonchev–Trinajstić information content (AvgIpc) is 2.74. The molecule has 1 aromatic heterocycles. The number of para-hydroxylation sites is 1. The molecule has 2 heteroatoms. The SMILES string of the molecule is C(=Nc1ccccc1-c1ccccc1)c1cccc(-c2ccccn2)c1. The molecule has 0 saturated carbocycles. The molecule has 0 saturated heterocycles. The first-order valence-corrected chi connectivity index (χ1v) is 8.60. The van der Waals surface area contributed by atoms with Crippen LogP contribution in [0, 0.1) is 0 Å². The normalized spacial score (nSPS) is 10.9. The van der Waals surface area contributed by atoms with E-state index in [1.165, 1.54) is 5.56 Å². The molecule has 4 aromatic rings. The Kier molecular flexibility index (Phi) is 4.66. The van der Waals surface area contributed by atoms with Crippen LogP contribution in [0.5, 0.6) is 0 Å². The number of aromatic nitrogens is 1. The molecule has 124 valence electrons. The number of aliphatic imine (C=N–C) groups is 1. The first-order chi connectivity index (χ1) is 12.9. The van der Waals surface area contributed by atoms with Crippen LogP contribution in [0.4, 0.5) is 5.69 Å². The smallest absolute Gasteiger partial charge is 0.0708 e. The van der Waals surface area contributed by atoms with Crippen molar-refractivity contribution < 1.29 is 0 Å². The van der Waals surface area contributed by atoms with Crippen molar-refractivity contribution >= 4 is 11.9 Å². The highest BCUT2D eigenvalue weighted by molar-refractivity contribution is 5.87. The second kappa shape index (κ2) is 7.58. The third-order valence-electron chi connectivity index (χ3n) is 4.19. The van der Waals surface area contributed by atoms with Gasteiger partial charge in [-0.15, -0.1) is 0 Å². The van der Waals surface area contributed by atoms with E-state index in [4.69, 9.17) is 4.99 Å². The standard InChI is InChI=1S/C24H18N2/c1-2-10-20(11-3-1)22-13-4-5-15-24(22)26-18-19-9-8-12-21(17-19)23-14-6-7-16-25-23/h1-18H. The maximum Gasteiger partial charge on any atom is 0.0708 e. The average molecular weight is 334 g/mol. The number of nitrogens with zero attached hydrogens (tertiary/aromatic N) is 2. The number of hydrogen-bond donors (Lipinski definition) is 0. The Hall–Kier alpha value is -3.52. The summed E-state index contributed by atoms with van der Waals surface area (Å²) in [7, 11) is 0. The van der Waals surface area contributed by atoms with E-state index in [-0.39, 0.29) is 0 Å². The second-order valence-electron chi connectivity index (χ2n) is 5.98. The van der Waals surface area contributed by atoms with Crippen LogP contribution in [0.3, 0.4) is 0 Å². The Labute approximate surface area is 153 Å². The Morgan fingerprint density at radius 3 is 2.27 bits per heavy atom. The van der Waals surface area contributed by atoms with E-state index in [1.807, 2.05) is 73.1 Å². The summed E-state index contributed by atoms with van der Waals surface area (Å²) in [6, 6.07) is 32.8. The number of hydrogen-bond acceptors (Lipinski definition) is 2. The first kappa shape index (κ1) is 16.0. The summed E-state index contributed by atoms with van der Waals surface area (Å²) >= 11 is 0. The summed E-state index contributed by atoms with van der Waals surface area (Å²) in [4.78, 5) is 9.16. The van der Waals surface area contributed by atoms with Gasteiger partial charge in [0, 0.05) is 23.5 Å². The lowest BCUT2D eigenvalue weighted by Gasteiger charge is -2.06. The zero-order chi connectivity index (χ0) is 17.6. The minimum Gasteiger partial charge on any atom is -0.256 e. The highest BCUT2D eigenvalue weighted by Gasteiger charge is 2.03. The molecule has 0 bridgehead atoms. The predicted octanol–water partition coefficient (Wildman–Crippen LogP) is 6.17. The zero-order valence-corrected chi connectivity index (χ0v) is 14.3. The van der Waals surface area contributed by atoms with Gasteiger partial charge in [-0.2, -0.15) is 0 Å². The van der Waals surface area contributed by atoms with Gasteiger partial charge in [-0.25, -0.2) is 0 Å². The molecule has 0 amide bonds. The molecule has 3 aromatic carbocycles. The lowest BCUT2D eigenvalue weighted by atomic mass is 10.0. The molecule has 4 rings (SSSR count). The van der Waals surface area contributed by atoms with E-state index in [1.54, 1.807) is 0 Å². The lowest BCUT2D eigenvalue weighted by Crippen LogP contribution is -1.86. The fourth-order valence-corrected chi connectivity index (χ4v) is 2.90. The van der Waals surface area contributed by atoms with E-state index in [0.717, 1.165) is 28.1 Å². The molecule has 0 aliphatic heterocycles. The van der Waals surface area contributed by atoms with Crippen LogP contribution in [0.15, 0.2) is 108 Å². The van der Waals surface area contributed by atoms with E-state index in [0.29, 0.717) is 0 Å². The third-order valence-corrected chi connectivity index (χ3v) is 4.19. The molecule has 2 nitrogen and oxygen atoms in total.